The zero-order chi connectivity index (χ0) is 25.3. The van der Waals surface area contributed by atoms with Gasteiger partial charge >= 0.3 is 5.69 Å². The van der Waals surface area contributed by atoms with Crippen molar-refractivity contribution in [1.82, 2.24) is 9.29 Å². The zero-order valence-electron chi connectivity index (χ0n) is 18.4. The van der Waals surface area contributed by atoms with E-state index in [0.29, 0.717) is 36.0 Å². The minimum Gasteiger partial charge on any atom is -0.320 e. The Hall–Kier alpha value is -2.93. The molecular formula is C22H20ClFN4O5S2. The van der Waals surface area contributed by atoms with Crippen LogP contribution in [0.2, 0.25) is 5.02 Å². The molecule has 1 N–H and O–H groups in total. The van der Waals surface area contributed by atoms with E-state index in [0.717, 1.165) is 17.7 Å². The highest BCUT2D eigenvalue weighted by molar-refractivity contribution is 7.89. The first-order valence-electron chi connectivity index (χ1n) is 10.5. The van der Waals surface area contributed by atoms with E-state index < -0.39 is 32.4 Å². The van der Waals surface area contributed by atoms with E-state index in [4.69, 9.17) is 11.6 Å². The molecule has 3 aromatic rings. The number of thiazole rings is 1. The van der Waals surface area contributed by atoms with Crippen LogP contribution in [-0.2, 0) is 10.0 Å². The van der Waals surface area contributed by atoms with Gasteiger partial charge in [0.2, 0.25) is 15.8 Å². The Morgan fingerprint density at radius 2 is 1.97 bits per heavy atom. The molecule has 35 heavy (non-hydrogen) atoms. The summed E-state index contributed by atoms with van der Waals surface area (Å²) >= 11 is 7.39. The van der Waals surface area contributed by atoms with Gasteiger partial charge in [-0.15, -0.1) is 11.3 Å². The van der Waals surface area contributed by atoms with Gasteiger partial charge < -0.3 is 5.32 Å². The van der Waals surface area contributed by atoms with E-state index in [1.165, 1.54) is 27.8 Å². The van der Waals surface area contributed by atoms with Crippen molar-refractivity contribution in [3.8, 4) is 0 Å². The van der Waals surface area contributed by atoms with Gasteiger partial charge in [-0.2, -0.15) is 8.70 Å². The van der Waals surface area contributed by atoms with Crippen molar-refractivity contribution in [3.05, 3.63) is 79.0 Å². The molecule has 0 radical (unpaired) electrons. The number of nitro groups is 1. The molecular weight excluding hydrogens is 519 g/mol. The molecule has 1 fully saturated rings. The Balaban J connectivity index is 1.40. The first kappa shape index (κ1) is 25.2. The molecule has 0 unspecified atom stereocenters. The van der Waals surface area contributed by atoms with Gasteiger partial charge in [-0.25, -0.2) is 13.4 Å². The van der Waals surface area contributed by atoms with Gasteiger partial charge in [-0.1, -0.05) is 17.7 Å². The van der Waals surface area contributed by atoms with Gasteiger partial charge in [-0.3, -0.25) is 14.9 Å². The van der Waals surface area contributed by atoms with Crippen LogP contribution in [0.1, 0.15) is 39.8 Å². The van der Waals surface area contributed by atoms with Crippen molar-refractivity contribution < 1.29 is 22.5 Å². The molecule has 0 bridgehead atoms. The van der Waals surface area contributed by atoms with Gasteiger partial charge in [0.1, 0.15) is 5.69 Å². The van der Waals surface area contributed by atoms with Crippen LogP contribution in [0.25, 0.3) is 0 Å². The molecule has 0 saturated carbocycles. The summed E-state index contributed by atoms with van der Waals surface area (Å²) in [4.78, 5) is 27.1. The highest BCUT2D eigenvalue weighted by Gasteiger charge is 2.31. The summed E-state index contributed by atoms with van der Waals surface area (Å²) in [6.07, 6.45) is 1.08. The molecule has 1 aliphatic heterocycles. The smallest absolute Gasteiger partial charge is 0.306 e. The van der Waals surface area contributed by atoms with E-state index in [1.807, 2.05) is 0 Å². The maximum Gasteiger partial charge on any atom is 0.306 e. The summed E-state index contributed by atoms with van der Waals surface area (Å²) in [6, 6.07) is 7.76. The van der Waals surface area contributed by atoms with Crippen LogP contribution in [0.4, 0.5) is 15.8 Å². The number of nitrogens with one attached hydrogen (secondary N) is 1. The Morgan fingerprint density at radius 3 is 2.63 bits per heavy atom. The predicted molar refractivity (Wildman–Crippen MR) is 130 cm³/mol. The topological polar surface area (TPSA) is 123 Å². The van der Waals surface area contributed by atoms with Crippen molar-refractivity contribution in [2.45, 2.75) is 30.6 Å². The van der Waals surface area contributed by atoms with Crippen LogP contribution in [0.3, 0.4) is 0 Å². The number of benzene rings is 2. The van der Waals surface area contributed by atoms with Gasteiger partial charge in [0.05, 0.1) is 14.8 Å². The van der Waals surface area contributed by atoms with Crippen LogP contribution in [-0.4, -0.2) is 41.6 Å². The third-order valence-electron chi connectivity index (χ3n) is 5.74. The number of amides is 1. The molecule has 1 aromatic heterocycles. The maximum absolute atomic E-state index is 13.5. The van der Waals surface area contributed by atoms with Gasteiger partial charge in [0.25, 0.3) is 5.91 Å². The van der Waals surface area contributed by atoms with Crippen molar-refractivity contribution in [2.75, 3.05) is 18.4 Å². The first-order valence-corrected chi connectivity index (χ1v) is 13.2. The number of carbonyl (C=O) groups excluding carboxylic acids is 1. The van der Waals surface area contributed by atoms with Crippen LogP contribution in [0.15, 0.2) is 46.7 Å². The third kappa shape index (κ3) is 5.35. The fourth-order valence-corrected chi connectivity index (χ4v) is 6.44. The molecule has 2 heterocycles. The largest absolute Gasteiger partial charge is 0.320 e. The van der Waals surface area contributed by atoms with E-state index in [-0.39, 0.29) is 22.2 Å². The number of nitro benzene ring substituents is 1. The second kappa shape index (κ2) is 9.97. The first-order chi connectivity index (χ1) is 16.6. The third-order valence-corrected chi connectivity index (χ3v) is 9.05. The predicted octanol–water partition coefficient (Wildman–Crippen LogP) is 4.97. The Bertz CT molecular complexity index is 1400. The number of hydrogen-bond donors (Lipinski definition) is 1. The van der Waals surface area contributed by atoms with Gasteiger partial charge in [-0.05, 0) is 49.6 Å². The molecule has 1 saturated heterocycles. The van der Waals surface area contributed by atoms with Crippen LogP contribution >= 0.6 is 22.9 Å². The molecule has 9 nitrogen and oxygen atoms in total. The fraction of sp³-hybridized carbons (Fsp3) is 0.273. The number of aromatic nitrogens is 1. The highest BCUT2D eigenvalue weighted by Crippen LogP contribution is 2.33. The number of anilines is 1. The lowest BCUT2D eigenvalue weighted by Crippen LogP contribution is -2.37. The average Bonchev–Trinajstić information content (AvgIpc) is 3.32. The van der Waals surface area contributed by atoms with Gasteiger partial charge in [0, 0.05) is 41.2 Å². The summed E-state index contributed by atoms with van der Waals surface area (Å²) in [7, 11) is -3.67. The summed E-state index contributed by atoms with van der Waals surface area (Å²) < 4.78 is 40.9. The number of sulfonamides is 1. The van der Waals surface area contributed by atoms with E-state index in [9.17, 15) is 27.7 Å². The number of halogens is 2. The summed E-state index contributed by atoms with van der Waals surface area (Å²) in [5.41, 5.74) is 0.260. The van der Waals surface area contributed by atoms with E-state index in [2.05, 4.69) is 10.3 Å². The maximum atomic E-state index is 13.5. The van der Waals surface area contributed by atoms with Crippen LogP contribution < -0.4 is 5.32 Å². The Labute approximate surface area is 209 Å². The fourth-order valence-electron chi connectivity index (χ4n) is 3.73. The van der Waals surface area contributed by atoms with Crippen molar-refractivity contribution in [3.63, 3.8) is 0 Å². The van der Waals surface area contributed by atoms with E-state index >= 15 is 0 Å². The monoisotopic (exact) mass is 538 g/mol. The normalized spacial score (nSPS) is 15.2. The number of nitrogens with zero attached hydrogens (tertiary/aromatic N) is 3. The standard InChI is InChI=1S/C22H20ClFN4O5S2/c1-13-2-4-16(11-17(13)23)35(32,33)27-8-6-14(7-9-27)22-26-19(12-34-22)21(29)25-15-3-5-18(24)20(10-15)28(30)31/h2-5,10-12,14H,6-9H2,1H3,(H,25,29). The minimum atomic E-state index is -3.67. The lowest BCUT2D eigenvalue weighted by molar-refractivity contribution is -0.387. The van der Waals surface area contributed by atoms with Crippen LogP contribution in [0.5, 0.6) is 0 Å². The number of piperidine rings is 1. The lowest BCUT2D eigenvalue weighted by atomic mass is 9.99. The van der Waals surface area contributed by atoms with E-state index in [1.54, 1.807) is 24.4 Å². The SMILES string of the molecule is Cc1ccc(S(=O)(=O)N2CCC(c3nc(C(=O)Nc4ccc(F)c([N+](=O)[O-])c4)cs3)CC2)cc1Cl. The van der Waals surface area contributed by atoms with Crippen molar-refractivity contribution in [2.24, 2.45) is 0 Å². The summed E-state index contributed by atoms with van der Waals surface area (Å²) in [6.45, 7) is 2.41. The number of hydrogen-bond acceptors (Lipinski definition) is 7. The molecule has 13 heteroatoms. The van der Waals surface area contributed by atoms with Crippen LogP contribution in [0, 0.1) is 22.9 Å². The second-order valence-corrected chi connectivity index (χ2v) is 11.3. The quantitative estimate of drug-likeness (QED) is 0.349. The Morgan fingerprint density at radius 1 is 1.26 bits per heavy atom. The zero-order valence-corrected chi connectivity index (χ0v) is 20.8. The molecule has 184 valence electrons. The summed E-state index contributed by atoms with van der Waals surface area (Å²) in [5.74, 6) is -1.59. The average molecular weight is 539 g/mol. The molecule has 1 aliphatic rings. The molecule has 4 rings (SSSR count). The van der Waals surface area contributed by atoms with Crippen molar-refractivity contribution >= 4 is 50.2 Å². The number of carbonyl (C=O) groups is 1. The van der Waals surface area contributed by atoms with Crippen molar-refractivity contribution in [1.29, 1.82) is 0 Å². The second-order valence-electron chi connectivity index (χ2n) is 8.04. The Kier molecular flexibility index (Phi) is 7.17. The molecule has 0 spiro atoms. The molecule has 0 aliphatic carbocycles. The molecule has 2 aromatic carbocycles. The lowest BCUT2D eigenvalue weighted by Gasteiger charge is -2.30. The van der Waals surface area contributed by atoms with Gasteiger partial charge in [0.15, 0.2) is 0 Å². The highest BCUT2D eigenvalue weighted by atomic mass is 35.5. The molecule has 0 atom stereocenters. The molecule has 1 amide bonds. The minimum absolute atomic E-state index is 0.0125. The number of aryl methyl sites for hydroxylation is 1. The number of rotatable bonds is 6. The summed E-state index contributed by atoms with van der Waals surface area (Å²) in [5, 5.41) is 16.1.